The molecule has 5 rings (SSSR count). The molecule has 1 aliphatic heterocycles. The van der Waals surface area contributed by atoms with Crippen molar-refractivity contribution in [3.05, 3.63) is 66.4 Å². The molecule has 3 heterocycles. The highest BCUT2D eigenvalue weighted by molar-refractivity contribution is 5.90. The summed E-state index contributed by atoms with van der Waals surface area (Å²) in [5.41, 5.74) is 3.87. The van der Waals surface area contributed by atoms with Crippen molar-refractivity contribution in [1.29, 1.82) is 0 Å². The number of aromatic nitrogens is 4. The molecule has 152 valence electrons. The Labute approximate surface area is 175 Å². The Kier molecular flexibility index (Phi) is 5.03. The van der Waals surface area contributed by atoms with Crippen molar-refractivity contribution in [3.8, 4) is 5.69 Å². The number of hydrogen-bond acceptors (Lipinski definition) is 6. The summed E-state index contributed by atoms with van der Waals surface area (Å²) in [6.07, 6.45) is 4.18. The van der Waals surface area contributed by atoms with Gasteiger partial charge in [0.25, 0.3) is 0 Å². The molecule has 0 amide bonds. The van der Waals surface area contributed by atoms with Crippen LogP contribution in [0.25, 0.3) is 16.7 Å². The van der Waals surface area contributed by atoms with Crippen LogP contribution in [-0.2, 0) is 4.74 Å². The Balaban J connectivity index is 1.55. The van der Waals surface area contributed by atoms with Gasteiger partial charge >= 0.3 is 0 Å². The summed E-state index contributed by atoms with van der Waals surface area (Å²) in [6, 6.07) is 18.2. The predicted octanol–water partition coefficient (Wildman–Crippen LogP) is 4.46. The second kappa shape index (κ2) is 8.12. The van der Waals surface area contributed by atoms with Crippen molar-refractivity contribution in [1.82, 2.24) is 19.7 Å². The van der Waals surface area contributed by atoms with Crippen molar-refractivity contribution >= 4 is 28.5 Å². The van der Waals surface area contributed by atoms with Gasteiger partial charge in [-0.25, -0.2) is 4.68 Å². The van der Waals surface area contributed by atoms with Gasteiger partial charge < -0.3 is 15.4 Å². The highest BCUT2D eigenvalue weighted by Gasteiger charge is 2.18. The third kappa shape index (κ3) is 3.84. The Bertz CT molecular complexity index is 1150. The molecular weight excluding hydrogens is 376 g/mol. The first-order valence-electron chi connectivity index (χ1n) is 10.3. The van der Waals surface area contributed by atoms with E-state index in [2.05, 4.69) is 34.8 Å². The number of para-hydroxylation sites is 1. The van der Waals surface area contributed by atoms with Crippen LogP contribution in [0.5, 0.6) is 0 Å². The number of nitrogens with zero attached hydrogens (tertiary/aromatic N) is 4. The van der Waals surface area contributed by atoms with Crippen LogP contribution < -0.4 is 10.6 Å². The van der Waals surface area contributed by atoms with Gasteiger partial charge in [0.1, 0.15) is 5.82 Å². The summed E-state index contributed by atoms with van der Waals surface area (Å²) in [6.45, 7) is 3.59. The number of ether oxygens (including phenoxy) is 1. The van der Waals surface area contributed by atoms with Gasteiger partial charge in [-0.15, -0.1) is 0 Å². The predicted molar refractivity (Wildman–Crippen MR) is 119 cm³/mol. The van der Waals surface area contributed by atoms with Gasteiger partial charge in [-0.05, 0) is 49.6 Å². The van der Waals surface area contributed by atoms with Gasteiger partial charge in [0.2, 0.25) is 5.95 Å². The molecule has 1 aliphatic rings. The maximum Gasteiger partial charge on any atom is 0.226 e. The fourth-order valence-corrected chi connectivity index (χ4v) is 3.71. The van der Waals surface area contributed by atoms with Gasteiger partial charge in [0, 0.05) is 18.8 Å². The monoisotopic (exact) mass is 400 g/mol. The Morgan fingerprint density at radius 1 is 1.10 bits per heavy atom. The van der Waals surface area contributed by atoms with Crippen LogP contribution in [0.2, 0.25) is 0 Å². The smallest absolute Gasteiger partial charge is 0.226 e. The second-order valence-electron chi connectivity index (χ2n) is 7.54. The molecule has 4 aromatic rings. The highest BCUT2D eigenvalue weighted by Crippen LogP contribution is 2.27. The lowest BCUT2D eigenvalue weighted by atomic mass is 10.2. The van der Waals surface area contributed by atoms with Crippen LogP contribution >= 0.6 is 0 Å². The summed E-state index contributed by atoms with van der Waals surface area (Å²) in [5, 5.41) is 12.3. The van der Waals surface area contributed by atoms with Crippen molar-refractivity contribution in [2.24, 2.45) is 0 Å². The number of nitrogens with one attached hydrogen (secondary N) is 2. The van der Waals surface area contributed by atoms with Crippen LogP contribution in [0.4, 0.5) is 17.5 Å². The van der Waals surface area contributed by atoms with Gasteiger partial charge in [-0.3, -0.25) is 0 Å². The minimum atomic E-state index is 0.205. The molecule has 7 nitrogen and oxygen atoms in total. The average molecular weight is 400 g/mol. The quantitative estimate of drug-likeness (QED) is 0.498. The Hall–Kier alpha value is -3.45. The molecule has 0 saturated carbocycles. The molecule has 0 spiro atoms. The first-order chi connectivity index (χ1) is 14.8. The van der Waals surface area contributed by atoms with E-state index in [0.29, 0.717) is 12.5 Å². The van der Waals surface area contributed by atoms with Gasteiger partial charge in [-0.2, -0.15) is 15.1 Å². The van der Waals surface area contributed by atoms with Crippen LogP contribution in [-0.4, -0.2) is 39.0 Å². The molecule has 2 N–H and O–H groups in total. The topological polar surface area (TPSA) is 76.9 Å². The molecule has 0 radical (unpaired) electrons. The number of fused-ring (bicyclic) bond motifs is 1. The van der Waals surface area contributed by atoms with E-state index >= 15 is 0 Å². The molecule has 7 heteroatoms. The van der Waals surface area contributed by atoms with Crippen molar-refractivity contribution in [2.75, 3.05) is 23.8 Å². The van der Waals surface area contributed by atoms with E-state index in [1.165, 1.54) is 5.56 Å². The second-order valence-corrected chi connectivity index (χ2v) is 7.54. The molecule has 2 aromatic heterocycles. The van der Waals surface area contributed by atoms with Crippen LogP contribution in [0.3, 0.4) is 0 Å². The maximum atomic E-state index is 5.73. The normalized spacial score (nSPS) is 16.1. The Morgan fingerprint density at radius 2 is 2.00 bits per heavy atom. The number of aryl methyl sites for hydroxylation is 1. The molecule has 1 fully saturated rings. The van der Waals surface area contributed by atoms with E-state index in [-0.39, 0.29) is 6.10 Å². The van der Waals surface area contributed by atoms with Crippen LogP contribution in [0.1, 0.15) is 18.4 Å². The summed E-state index contributed by atoms with van der Waals surface area (Å²) in [7, 11) is 0. The van der Waals surface area contributed by atoms with Crippen LogP contribution in [0.15, 0.2) is 60.8 Å². The fraction of sp³-hybridized carbons (Fsp3) is 0.261. The molecular formula is C23H24N6O. The number of benzene rings is 2. The number of rotatable bonds is 6. The van der Waals surface area contributed by atoms with E-state index in [4.69, 9.17) is 14.7 Å². The molecule has 0 unspecified atom stereocenters. The van der Waals surface area contributed by atoms with Crippen molar-refractivity contribution < 1.29 is 4.74 Å². The van der Waals surface area contributed by atoms with E-state index in [1.807, 2.05) is 53.3 Å². The third-order valence-corrected chi connectivity index (χ3v) is 5.22. The van der Waals surface area contributed by atoms with E-state index in [1.54, 1.807) is 0 Å². The molecule has 0 aliphatic carbocycles. The van der Waals surface area contributed by atoms with Crippen molar-refractivity contribution in [3.63, 3.8) is 0 Å². The van der Waals surface area contributed by atoms with E-state index in [0.717, 1.165) is 47.7 Å². The molecule has 30 heavy (non-hydrogen) atoms. The van der Waals surface area contributed by atoms with Gasteiger partial charge in [0.15, 0.2) is 5.65 Å². The van der Waals surface area contributed by atoms with Crippen LogP contribution in [0, 0.1) is 6.92 Å². The fourth-order valence-electron chi connectivity index (χ4n) is 3.71. The lowest BCUT2D eigenvalue weighted by Crippen LogP contribution is -2.20. The number of anilines is 3. The first kappa shape index (κ1) is 18.6. The zero-order valence-corrected chi connectivity index (χ0v) is 16.9. The largest absolute Gasteiger partial charge is 0.376 e. The van der Waals surface area contributed by atoms with Crippen molar-refractivity contribution in [2.45, 2.75) is 25.9 Å². The standard InChI is InChI=1S/C23H24N6O/c1-16-7-5-8-17(13-16)26-21-20-15-25-29(18-9-3-2-4-10-18)22(20)28-23(27-21)24-14-19-11-6-12-30-19/h2-5,7-10,13,15,19H,6,11-12,14H2,1H3,(H2,24,26,27,28)/t19-/m0/s1. The zero-order chi connectivity index (χ0) is 20.3. The minimum Gasteiger partial charge on any atom is -0.376 e. The third-order valence-electron chi connectivity index (χ3n) is 5.22. The maximum absolute atomic E-state index is 5.73. The summed E-state index contributed by atoms with van der Waals surface area (Å²) in [5.74, 6) is 1.29. The number of hydrogen-bond donors (Lipinski definition) is 2. The lowest BCUT2D eigenvalue weighted by Gasteiger charge is -2.13. The summed E-state index contributed by atoms with van der Waals surface area (Å²) in [4.78, 5) is 9.53. The first-order valence-corrected chi connectivity index (χ1v) is 10.3. The summed E-state index contributed by atoms with van der Waals surface area (Å²) < 4.78 is 7.57. The highest BCUT2D eigenvalue weighted by atomic mass is 16.5. The van der Waals surface area contributed by atoms with Gasteiger partial charge in [-0.1, -0.05) is 30.3 Å². The van der Waals surface area contributed by atoms with Gasteiger partial charge in [0.05, 0.1) is 23.4 Å². The molecule has 1 atom stereocenters. The molecule has 0 bridgehead atoms. The molecule has 2 aromatic carbocycles. The van der Waals surface area contributed by atoms with E-state index < -0.39 is 0 Å². The Morgan fingerprint density at radius 3 is 2.80 bits per heavy atom. The van der Waals surface area contributed by atoms with E-state index in [9.17, 15) is 0 Å². The minimum absolute atomic E-state index is 0.205. The average Bonchev–Trinajstić information content (AvgIpc) is 3.43. The SMILES string of the molecule is Cc1cccc(Nc2nc(NC[C@@H]3CCCO3)nc3c2cnn3-c2ccccc2)c1. The molecule has 1 saturated heterocycles. The summed E-state index contributed by atoms with van der Waals surface area (Å²) >= 11 is 0. The lowest BCUT2D eigenvalue weighted by molar-refractivity contribution is 0.120. The zero-order valence-electron chi connectivity index (χ0n) is 16.9.